The fourth-order valence-corrected chi connectivity index (χ4v) is 4.10. The molecule has 0 aromatic heterocycles. The molecule has 0 aromatic rings. The summed E-state index contributed by atoms with van der Waals surface area (Å²) >= 11 is 0. The van der Waals surface area contributed by atoms with Crippen molar-refractivity contribution < 1.29 is 38.1 Å². The lowest BCUT2D eigenvalue weighted by atomic mass is 10.0. The molecular formula is C27H43NO8. The standard InChI is InChI=1S/C27H43NO8/c1-9-17-32-21-16-12-15-20(23(29)33-18(2)22(21)34-19-13-10-11-14-19)28(24(30)35-26(3,4)5)25(31)36-27(6,7)8/h9-10,13,18-22H,1,11-12,14-17H2,2-8H3. The molecule has 1 aliphatic heterocycles. The van der Waals surface area contributed by atoms with Crippen molar-refractivity contribution in [1.82, 2.24) is 4.90 Å². The Balaban J connectivity index is 2.35. The van der Waals surface area contributed by atoms with Gasteiger partial charge in [-0.1, -0.05) is 18.2 Å². The summed E-state index contributed by atoms with van der Waals surface area (Å²) in [7, 11) is 0. The molecule has 5 unspecified atom stereocenters. The average Bonchev–Trinajstić information content (AvgIpc) is 3.24. The summed E-state index contributed by atoms with van der Waals surface area (Å²) < 4.78 is 29.1. The Morgan fingerprint density at radius 1 is 1.08 bits per heavy atom. The molecule has 0 radical (unpaired) electrons. The SMILES string of the molecule is C=CCOC1CCCC(N(C(=O)OC(C)(C)C)C(=O)OC(C)(C)C)C(=O)OC(C)C1OC1C=CCC1. The van der Waals surface area contributed by atoms with Crippen LogP contribution in [-0.4, -0.2) is 71.3 Å². The van der Waals surface area contributed by atoms with Crippen LogP contribution in [0.4, 0.5) is 9.59 Å². The van der Waals surface area contributed by atoms with Gasteiger partial charge in [0, 0.05) is 0 Å². The highest BCUT2D eigenvalue weighted by Crippen LogP contribution is 2.28. The first-order valence-corrected chi connectivity index (χ1v) is 12.7. The summed E-state index contributed by atoms with van der Waals surface area (Å²) in [6.07, 6.45) is 5.04. The van der Waals surface area contributed by atoms with E-state index in [1.54, 1.807) is 54.5 Å². The number of imide groups is 1. The van der Waals surface area contributed by atoms with Gasteiger partial charge < -0.3 is 23.7 Å². The molecule has 0 spiro atoms. The van der Waals surface area contributed by atoms with Gasteiger partial charge in [0.15, 0.2) is 0 Å². The van der Waals surface area contributed by atoms with E-state index < -0.39 is 47.6 Å². The Morgan fingerprint density at radius 2 is 1.69 bits per heavy atom. The van der Waals surface area contributed by atoms with Crippen molar-refractivity contribution in [3.8, 4) is 0 Å². The van der Waals surface area contributed by atoms with Crippen molar-refractivity contribution in [1.29, 1.82) is 0 Å². The normalized spacial score (nSPS) is 27.3. The lowest BCUT2D eigenvalue weighted by molar-refractivity contribution is -0.173. The van der Waals surface area contributed by atoms with E-state index >= 15 is 0 Å². The number of hydrogen-bond acceptors (Lipinski definition) is 8. The molecule has 2 aliphatic rings. The Bertz CT molecular complexity index is 782. The molecule has 204 valence electrons. The number of cyclic esters (lactones) is 1. The second kappa shape index (κ2) is 12.7. The molecule has 2 rings (SSSR count). The van der Waals surface area contributed by atoms with Gasteiger partial charge in [0.25, 0.3) is 0 Å². The molecule has 5 atom stereocenters. The minimum absolute atomic E-state index is 0.0949. The van der Waals surface area contributed by atoms with Crippen LogP contribution in [0.15, 0.2) is 24.8 Å². The van der Waals surface area contributed by atoms with E-state index in [-0.39, 0.29) is 18.6 Å². The van der Waals surface area contributed by atoms with Crippen LogP contribution in [-0.2, 0) is 28.5 Å². The highest BCUT2D eigenvalue weighted by Gasteiger charge is 2.44. The molecule has 1 aliphatic carbocycles. The summed E-state index contributed by atoms with van der Waals surface area (Å²) in [5.41, 5.74) is -1.77. The zero-order valence-electron chi connectivity index (χ0n) is 22.8. The number of rotatable bonds is 6. The lowest BCUT2D eigenvalue weighted by Crippen LogP contribution is -2.53. The summed E-state index contributed by atoms with van der Waals surface area (Å²) in [5.74, 6) is -0.723. The van der Waals surface area contributed by atoms with E-state index in [9.17, 15) is 14.4 Å². The number of nitrogens with zero attached hydrogens (tertiary/aromatic N) is 1. The van der Waals surface area contributed by atoms with E-state index in [0.717, 1.165) is 17.7 Å². The van der Waals surface area contributed by atoms with Crippen LogP contribution >= 0.6 is 0 Å². The maximum absolute atomic E-state index is 13.4. The van der Waals surface area contributed by atoms with Crippen molar-refractivity contribution in [3.63, 3.8) is 0 Å². The molecule has 1 saturated heterocycles. The van der Waals surface area contributed by atoms with Crippen molar-refractivity contribution >= 4 is 18.2 Å². The molecule has 2 amide bonds. The van der Waals surface area contributed by atoms with Gasteiger partial charge in [-0.05, 0) is 80.6 Å². The zero-order valence-corrected chi connectivity index (χ0v) is 22.8. The summed E-state index contributed by atoms with van der Waals surface area (Å²) in [6.45, 7) is 15.9. The van der Waals surface area contributed by atoms with E-state index in [1.807, 2.05) is 6.08 Å². The Kier molecular flexibility index (Phi) is 10.5. The zero-order chi connectivity index (χ0) is 27.1. The van der Waals surface area contributed by atoms with E-state index in [4.69, 9.17) is 23.7 Å². The van der Waals surface area contributed by atoms with Crippen molar-refractivity contribution in [2.24, 2.45) is 0 Å². The quantitative estimate of drug-likeness (QED) is 0.269. The molecule has 9 nitrogen and oxygen atoms in total. The van der Waals surface area contributed by atoms with E-state index in [2.05, 4.69) is 12.7 Å². The lowest BCUT2D eigenvalue weighted by Gasteiger charge is -2.33. The third kappa shape index (κ3) is 9.24. The topological polar surface area (TPSA) is 101 Å². The summed E-state index contributed by atoms with van der Waals surface area (Å²) in [5, 5.41) is 0. The predicted molar refractivity (Wildman–Crippen MR) is 134 cm³/mol. The van der Waals surface area contributed by atoms with Gasteiger partial charge >= 0.3 is 18.2 Å². The highest BCUT2D eigenvalue weighted by molar-refractivity contribution is 5.94. The minimum atomic E-state index is -1.22. The van der Waals surface area contributed by atoms with Crippen molar-refractivity contribution in [2.45, 2.75) is 122 Å². The van der Waals surface area contributed by atoms with Gasteiger partial charge in [-0.25, -0.2) is 14.4 Å². The minimum Gasteiger partial charge on any atom is -0.458 e. The van der Waals surface area contributed by atoms with Gasteiger partial charge in [-0.3, -0.25) is 0 Å². The van der Waals surface area contributed by atoms with Gasteiger partial charge in [0.2, 0.25) is 0 Å². The number of ether oxygens (including phenoxy) is 5. The van der Waals surface area contributed by atoms with Gasteiger partial charge in [-0.15, -0.1) is 6.58 Å². The molecule has 0 bridgehead atoms. The number of carbonyl (C=O) groups is 3. The van der Waals surface area contributed by atoms with Crippen LogP contribution in [0.3, 0.4) is 0 Å². The van der Waals surface area contributed by atoms with Gasteiger partial charge in [0.1, 0.15) is 29.5 Å². The van der Waals surface area contributed by atoms with Gasteiger partial charge in [0.05, 0.1) is 18.8 Å². The smallest absolute Gasteiger partial charge is 0.420 e. The second-order valence-electron chi connectivity index (χ2n) is 11.2. The number of esters is 1. The van der Waals surface area contributed by atoms with Crippen molar-refractivity contribution in [2.75, 3.05) is 6.61 Å². The average molecular weight is 510 g/mol. The Hall–Kier alpha value is -2.39. The third-order valence-electron chi connectivity index (χ3n) is 5.59. The fourth-order valence-electron chi connectivity index (χ4n) is 4.10. The summed E-state index contributed by atoms with van der Waals surface area (Å²) in [6, 6.07) is -1.22. The van der Waals surface area contributed by atoms with Crippen LogP contribution < -0.4 is 0 Å². The molecule has 9 heteroatoms. The monoisotopic (exact) mass is 509 g/mol. The van der Waals surface area contributed by atoms with Crippen molar-refractivity contribution in [3.05, 3.63) is 24.8 Å². The second-order valence-corrected chi connectivity index (χ2v) is 11.2. The molecule has 0 N–H and O–H groups in total. The molecule has 0 aromatic carbocycles. The maximum atomic E-state index is 13.4. The highest BCUT2D eigenvalue weighted by atomic mass is 16.6. The first-order chi connectivity index (χ1) is 16.7. The van der Waals surface area contributed by atoms with Crippen LogP contribution in [0, 0.1) is 0 Å². The van der Waals surface area contributed by atoms with E-state index in [0.29, 0.717) is 19.4 Å². The predicted octanol–water partition coefficient (Wildman–Crippen LogP) is 5.32. The Labute approximate surface area is 215 Å². The summed E-state index contributed by atoms with van der Waals surface area (Å²) in [4.78, 5) is 40.4. The largest absolute Gasteiger partial charge is 0.458 e. The van der Waals surface area contributed by atoms with Crippen LogP contribution in [0.25, 0.3) is 0 Å². The molecule has 0 saturated carbocycles. The number of amides is 2. The maximum Gasteiger partial charge on any atom is 0.420 e. The first kappa shape index (κ1) is 29.8. The fraction of sp³-hybridized carbons (Fsp3) is 0.741. The third-order valence-corrected chi connectivity index (χ3v) is 5.59. The van der Waals surface area contributed by atoms with Crippen LogP contribution in [0.1, 0.15) is 80.6 Å². The number of allylic oxidation sites excluding steroid dienone is 1. The van der Waals surface area contributed by atoms with E-state index in [1.165, 1.54) is 0 Å². The molecule has 36 heavy (non-hydrogen) atoms. The van der Waals surface area contributed by atoms with Crippen LogP contribution in [0.5, 0.6) is 0 Å². The Morgan fingerprint density at radius 3 is 2.19 bits per heavy atom. The first-order valence-electron chi connectivity index (χ1n) is 12.7. The van der Waals surface area contributed by atoms with Crippen LogP contribution in [0.2, 0.25) is 0 Å². The van der Waals surface area contributed by atoms with Gasteiger partial charge in [-0.2, -0.15) is 4.90 Å². The molecule has 1 fully saturated rings. The number of hydrogen-bond donors (Lipinski definition) is 0. The number of carbonyl (C=O) groups excluding carboxylic acids is 3. The molecule has 1 heterocycles. The molecular weight excluding hydrogens is 466 g/mol.